The largest absolute Gasteiger partial charge is 0.466 e. The first-order chi connectivity index (χ1) is 18.8. The summed E-state index contributed by atoms with van der Waals surface area (Å²) in [6.07, 6.45) is 0. The van der Waals surface area contributed by atoms with Crippen molar-refractivity contribution in [3.8, 4) is 17.6 Å². The van der Waals surface area contributed by atoms with Crippen molar-refractivity contribution in [2.75, 3.05) is 19.1 Å². The Morgan fingerprint density at radius 3 is 2.08 bits per heavy atom. The molecule has 0 fully saturated rings. The Morgan fingerprint density at radius 1 is 0.872 bits per heavy atom. The summed E-state index contributed by atoms with van der Waals surface area (Å²) in [5.41, 5.74) is 12.7. The van der Waals surface area contributed by atoms with Crippen LogP contribution in [0, 0.1) is 11.3 Å². The van der Waals surface area contributed by atoms with Crippen LogP contribution in [0.15, 0.2) is 102 Å². The molecule has 4 rings (SSSR count). The predicted molar refractivity (Wildman–Crippen MR) is 141 cm³/mol. The zero-order valence-electron chi connectivity index (χ0n) is 21.1. The molecule has 10 heteroatoms. The molecule has 0 saturated heterocycles. The Bertz CT molecular complexity index is 1540. The van der Waals surface area contributed by atoms with Gasteiger partial charge in [-0.2, -0.15) is 5.26 Å². The fourth-order valence-corrected chi connectivity index (χ4v) is 4.31. The van der Waals surface area contributed by atoms with Crippen LogP contribution in [0.4, 0.5) is 5.69 Å². The molecule has 1 aliphatic rings. The van der Waals surface area contributed by atoms with E-state index in [4.69, 9.17) is 25.7 Å². The molecular formula is C29H24N4O6. The van der Waals surface area contributed by atoms with E-state index in [0.717, 1.165) is 0 Å². The Kier molecular flexibility index (Phi) is 7.63. The van der Waals surface area contributed by atoms with Crippen molar-refractivity contribution >= 4 is 23.5 Å². The van der Waals surface area contributed by atoms with Crippen LogP contribution in [0.25, 0.3) is 0 Å². The first kappa shape index (κ1) is 26.5. The lowest BCUT2D eigenvalue weighted by Gasteiger charge is -2.36. The van der Waals surface area contributed by atoms with Gasteiger partial charge in [0.15, 0.2) is 5.75 Å². The van der Waals surface area contributed by atoms with Gasteiger partial charge in [-0.25, -0.2) is 9.59 Å². The monoisotopic (exact) mass is 524 g/mol. The molecule has 0 bridgehead atoms. The third-order valence-electron chi connectivity index (χ3n) is 6.08. The highest BCUT2D eigenvalue weighted by molar-refractivity contribution is 6.06. The summed E-state index contributed by atoms with van der Waals surface area (Å²) in [5.74, 6) is -2.82. The third kappa shape index (κ3) is 5.01. The first-order valence-corrected chi connectivity index (χ1v) is 11.6. The van der Waals surface area contributed by atoms with Crippen LogP contribution in [0.5, 0.6) is 11.5 Å². The molecule has 0 saturated carbocycles. The summed E-state index contributed by atoms with van der Waals surface area (Å²) in [7, 11) is 2.35. The molecular weight excluding hydrogens is 500 g/mol. The van der Waals surface area contributed by atoms with E-state index in [1.165, 1.54) is 31.3 Å². The van der Waals surface area contributed by atoms with Crippen LogP contribution < -0.4 is 21.1 Å². The van der Waals surface area contributed by atoms with Crippen LogP contribution in [0.1, 0.15) is 21.8 Å². The highest BCUT2D eigenvalue weighted by Gasteiger charge is 2.43. The second-order valence-corrected chi connectivity index (χ2v) is 8.29. The van der Waals surface area contributed by atoms with E-state index < -0.39 is 23.8 Å². The van der Waals surface area contributed by atoms with E-state index in [-0.39, 0.29) is 34.1 Å². The number of amides is 1. The highest BCUT2D eigenvalue weighted by atomic mass is 16.5. The average Bonchev–Trinajstić information content (AvgIpc) is 2.96. The van der Waals surface area contributed by atoms with Gasteiger partial charge in [0.2, 0.25) is 5.91 Å². The van der Waals surface area contributed by atoms with Crippen molar-refractivity contribution in [2.24, 2.45) is 11.5 Å². The molecule has 39 heavy (non-hydrogen) atoms. The minimum atomic E-state index is -0.997. The van der Waals surface area contributed by atoms with Gasteiger partial charge in [-0.15, -0.1) is 0 Å². The molecule has 0 spiro atoms. The lowest BCUT2D eigenvalue weighted by atomic mass is 9.81. The molecule has 10 nitrogen and oxygen atoms in total. The third-order valence-corrected chi connectivity index (χ3v) is 6.08. The molecule has 1 amide bonds. The van der Waals surface area contributed by atoms with Gasteiger partial charge in [0.05, 0.1) is 43.0 Å². The lowest BCUT2D eigenvalue weighted by molar-refractivity contribution is -0.139. The molecule has 1 heterocycles. The normalized spacial score (nSPS) is 14.9. The van der Waals surface area contributed by atoms with E-state index in [0.29, 0.717) is 16.9 Å². The number of para-hydroxylation sites is 2. The second kappa shape index (κ2) is 11.2. The van der Waals surface area contributed by atoms with Crippen molar-refractivity contribution in [1.82, 2.24) is 0 Å². The van der Waals surface area contributed by atoms with E-state index >= 15 is 0 Å². The molecule has 3 aromatic carbocycles. The number of allylic oxidation sites excluding steroid dienone is 1. The molecule has 1 atom stereocenters. The van der Waals surface area contributed by atoms with E-state index in [1.54, 1.807) is 66.7 Å². The van der Waals surface area contributed by atoms with Crippen molar-refractivity contribution in [3.63, 3.8) is 0 Å². The Balaban J connectivity index is 1.96. The topological polar surface area (TPSA) is 158 Å². The number of ether oxygens (including phenoxy) is 3. The number of hydrogen-bond acceptors (Lipinski definition) is 9. The number of nitrogens with zero attached hydrogens (tertiary/aromatic N) is 2. The van der Waals surface area contributed by atoms with Gasteiger partial charge in [0, 0.05) is 5.56 Å². The van der Waals surface area contributed by atoms with Crippen LogP contribution in [-0.2, 0) is 19.1 Å². The van der Waals surface area contributed by atoms with Gasteiger partial charge in [0.25, 0.3) is 0 Å². The maximum absolute atomic E-state index is 13.3. The van der Waals surface area contributed by atoms with Gasteiger partial charge in [-0.3, -0.25) is 9.69 Å². The SMILES string of the molecule is COC(=O)C1=C(C(=O)OC)N(c2ccccc2Oc2ccc(C(N)=O)cc2)C(N)=C(C#N)C1c1ccccc1. The minimum absolute atomic E-state index is 0.0230. The van der Waals surface area contributed by atoms with Crippen LogP contribution in [0.3, 0.4) is 0 Å². The van der Waals surface area contributed by atoms with Crippen molar-refractivity contribution in [1.29, 1.82) is 5.26 Å². The quantitative estimate of drug-likeness (QED) is 0.441. The zero-order chi connectivity index (χ0) is 28.1. The van der Waals surface area contributed by atoms with Gasteiger partial charge in [0.1, 0.15) is 17.3 Å². The number of methoxy groups -OCH3 is 2. The van der Waals surface area contributed by atoms with Crippen LogP contribution in [-0.4, -0.2) is 32.1 Å². The molecule has 1 unspecified atom stereocenters. The van der Waals surface area contributed by atoms with Gasteiger partial charge >= 0.3 is 11.9 Å². The highest BCUT2D eigenvalue weighted by Crippen LogP contribution is 2.45. The number of benzene rings is 3. The number of rotatable bonds is 7. The summed E-state index contributed by atoms with van der Waals surface area (Å²) >= 11 is 0. The van der Waals surface area contributed by atoms with Crippen LogP contribution >= 0.6 is 0 Å². The van der Waals surface area contributed by atoms with Gasteiger partial charge in [-0.1, -0.05) is 42.5 Å². The number of nitrogens with two attached hydrogens (primary N) is 2. The van der Waals surface area contributed by atoms with E-state index in [1.807, 2.05) is 0 Å². The minimum Gasteiger partial charge on any atom is -0.466 e. The number of carbonyl (C=O) groups is 3. The van der Waals surface area contributed by atoms with Crippen molar-refractivity contribution < 1.29 is 28.6 Å². The Hall–Kier alpha value is -5.56. The molecule has 1 aliphatic heterocycles. The summed E-state index contributed by atoms with van der Waals surface area (Å²) < 4.78 is 16.2. The van der Waals surface area contributed by atoms with Crippen molar-refractivity contribution in [3.05, 3.63) is 113 Å². The molecule has 196 valence electrons. The van der Waals surface area contributed by atoms with Crippen LogP contribution in [0.2, 0.25) is 0 Å². The maximum atomic E-state index is 13.3. The summed E-state index contributed by atoms with van der Waals surface area (Å²) in [5, 5.41) is 10.2. The number of esters is 2. The zero-order valence-corrected chi connectivity index (χ0v) is 21.1. The Morgan fingerprint density at radius 2 is 1.49 bits per heavy atom. The molecule has 0 aliphatic carbocycles. The Labute approximate surface area is 224 Å². The molecule has 0 radical (unpaired) electrons. The first-order valence-electron chi connectivity index (χ1n) is 11.6. The number of carbonyl (C=O) groups excluding carboxylic acids is 3. The van der Waals surface area contributed by atoms with E-state index in [2.05, 4.69) is 6.07 Å². The molecule has 3 aromatic rings. The maximum Gasteiger partial charge on any atom is 0.355 e. The summed E-state index contributed by atoms with van der Waals surface area (Å²) in [6, 6.07) is 23.5. The fraction of sp³-hybridized carbons (Fsp3) is 0.103. The smallest absolute Gasteiger partial charge is 0.355 e. The number of nitriles is 1. The standard InChI is InChI=1S/C29H24N4O6/c1-37-28(35)24-23(17-8-4-3-5-9-17)20(16-30)26(31)33(25(24)29(36)38-2)21-10-6-7-11-22(21)39-19-14-12-18(13-15-19)27(32)34/h3-15,23H,31H2,1-2H3,(H2,32,34). The summed E-state index contributed by atoms with van der Waals surface area (Å²) in [6.45, 7) is 0. The number of anilines is 1. The van der Waals surface area contributed by atoms with E-state index in [9.17, 15) is 19.6 Å². The molecule has 0 aromatic heterocycles. The predicted octanol–water partition coefficient (Wildman–Crippen LogP) is 3.48. The second-order valence-electron chi connectivity index (χ2n) is 8.29. The lowest BCUT2D eigenvalue weighted by Crippen LogP contribution is -2.40. The fourth-order valence-electron chi connectivity index (χ4n) is 4.31. The average molecular weight is 525 g/mol. The van der Waals surface area contributed by atoms with Gasteiger partial charge < -0.3 is 25.7 Å². The number of hydrogen-bond donors (Lipinski definition) is 2. The summed E-state index contributed by atoms with van der Waals surface area (Å²) in [4.78, 5) is 39.2. The van der Waals surface area contributed by atoms with Crippen molar-refractivity contribution in [2.45, 2.75) is 5.92 Å². The molecule has 4 N–H and O–H groups in total. The number of primary amides is 1. The van der Waals surface area contributed by atoms with Gasteiger partial charge in [-0.05, 0) is 42.0 Å².